The van der Waals surface area contributed by atoms with Gasteiger partial charge in [0.05, 0.1) is 6.61 Å². The van der Waals surface area contributed by atoms with E-state index >= 15 is 0 Å². The van der Waals surface area contributed by atoms with Crippen LogP contribution in [0.1, 0.15) is 40.5 Å². The first-order chi connectivity index (χ1) is 10.0. The van der Waals surface area contributed by atoms with Crippen LogP contribution in [-0.2, 0) is 22.8 Å². The first-order valence-corrected chi connectivity index (χ1v) is 9.35. The molecule has 0 aliphatic rings. The summed E-state index contributed by atoms with van der Waals surface area (Å²) in [5, 5.41) is 2.16. The lowest BCUT2D eigenvalue weighted by Crippen LogP contribution is -2.46. The van der Waals surface area contributed by atoms with Crippen molar-refractivity contribution in [1.82, 2.24) is 5.32 Å². The molecular weight excluding hydrogens is 294 g/mol. The highest BCUT2D eigenvalue weighted by Crippen LogP contribution is 2.19. The van der Waals surface area contributed by atoms with Crippen molar-refractivity contribution in [3.05, 3.63) is 0 Å². The Morgan fingerprint density at radius 2 is 1.43 bits per heavy atom. The molecule has 0 bridgehead atoms. The third-order valence-electron chi connectivity index (χ3n) is 2.50. The summed E-state index contributed by atoms with van der Waals surface area (Å²) in [6, 6.07) is 0.540. The summed E-state index contributed by atoms with van der Waals surface area (Å²) in [5.41, 5.74) is 0. The fourth-order valence-corrected chi connectivity index (χ4v) is 4.42. The van der Waals surface area contributed by atoms with Gasteiger partial charge in [0.1, 0.15) is 0 Å². The normalized spacial score (nSPS) is 11.2. The van der Waals surface area contributed by atoms with E-state index in [1.54, 1.807) is 6.92 Å². The average molecular weight is 321 g/mol. The summed E-state index contributed by atoms with van der Waals surface area (Å²) in [6.45, 7) is 9.06. The summed E-state index contributed by atoms with van der Waals surface area (Å²) >= 11 is 0. The molecule has 0 spiro atoms. The summed E-state index contributed by atoms with van der Waals surface area (Å²) in [7, 11) is -2.71. The van der Waals surface area contributed by atoms with Crippen molar-refractivity contribution in [2.45, 2.75) is 46.6 Å². The molecule has 0 heterocycles. The van der Waals surface area contributed by atoms with E-state index in [1.165, 1.54) is 0 Å². The molecule has 1 N–H and O–H groups in total. The van der Waals surface area contributed by atoms with Crippen LogP contribution in [0.25, 0.3) is 0 Å². The van der Waals surface area contributed by atoms with Crippen LogP contribution < -0.4 is 5.32 Å². The van der Waals surface area contributed by atoms with Crippen LogP contribution in [0.4, 0.5) is 4.79 Å². The molecule has 124 valence electrons. The van der Waals surface area contributed by atoms with E-state index in [4.69, 9.17) is 13.3 Å². The van der Waals surface area contributed by atoms with Crippen LogP contribution >= 0.6 is 0 Å². The van der Waals surface area contributed by atoms with Crippen LogP contribution in [0, 0.1) is 0 Å². The Bertz CT molecular complexity index is 296. The number of hydrogen-bond donors (Lipinski definition) is 1. The van der Waals surface area contributed by atoms with E-state index in [0.717, 1.165) is 0 Å². The van der Waals surface area contributed by atoms with E-state index in [-0.39, 0.29) is 18.9 Å². The average Bonchev–Trinajstić information content (AvgIpc) is 2.39. The number of rotatable bonds is 11. The molecule has 8 heteroatoms. The van der Waals surface area contributed by atoms with Gasteiger partial charge in [-0.2, -0.15) is 0 Å². The number of carbonyl (C=O) groups excluding carboxylic acids is 2. The predicted octanol–water partition coefficient (Wildman–Crippen LogP) is 2.09. The number of ether oxygens (including phenoxy) is 1. The number of imide groups is 1. The zero-order valence-electron chi connectivity index (χ0n) is 13.4. The van der Waals surface area contributed by atoms with Gasteiger partial charge in [-0.25, -0.2) is 4.79 Å². The Kier molecular flexibility index (Phi) is 11.1. The SMILES string of the molecule is CCOC(=O)NC(=O)CCC[Si](OCC)(OCC)OCC. The molecule has 0 radical (unpaired) electrons. The number of hydrogen-bond acceptors (Lipinski definition) is 6. The van der Waals surface area contributed by atoms with E-state index in [9.17, 15) is 9.59 Å². The van der Waals surface area contributed by atoms with E-state index in [0.29, 0.717) is 32.3 Å². The smallest absolute Gasteiger partial charge is 0.450 e. The largest absolute Gasteiger partial charge is 0.500 e. The van der Waals surface area contributed by atoms with Crippen LogP contribution in [0.15, 0.2) is 0 Å². The monoisotopic (exact) mass is 321 g/mol. The third-order valence-corrected chi connectivity index (χ3v) is 5.65. The van der Waals surface area contributed by atoms with Gasteiger partial charge in [0.25, 0.3) is 0 Å². The summed E-state index contributed by atoms with van der Waals surface area (Å²) in [4.78, 5) is 22.7. The van der Waals surface area contributed by atoms with Crippen LogP contribution in [-0.4, -0.2) is 47.2 Å². The van der Waals surface area contributed by atoms with Gasteiger partial charge >= 0.3 is 14.9 Å². The van der Waals surface area contributed by atoms with Crippen LogP contribution in [0.5, 0.6) is 0 Å². The standard InChI is InChI=1S/C13H27NO6Si/c1-5-17-13(16)14-12(15)10-9-11-21(18-6-2,19-7-3)20-8-4/h5-11H2,1-4H3,(H,14,15,16). The molecule has 0 aliphatic carbocycles. The minimum Gasteiger partial charge on any atom is -0.450 e. The maximum absolute atomic E-state index is 11.6. The molecule has 0 saturated carbocycles. The molecule has 7 nitrogen and oxygen atoms in total. The highest BCUT2D eigenvalue weighted by molar-refractivity contribution is 6.60. The molecule has 2 amide bonds. The van der Waals surface area contributed by atoms with E-state index < -0.39 is 14.9 Å². The topological polar surface area (TPSA) is 83.1 Å². The Hall–Kier alpha value is -0.963. The molecule has 0 atom stereocenters. The van der Waals surface area contributed by atoms with E-state index in [2.05, 4.69) is 10.1 Å². The first kappa shape index (κ1) is 20.0. The van der Waals surface area contributed by atoms with Gasteiger partial charge < -0.3 is 18.0 Å². The van der Waals surface area contributed by atoms with Gasteiger partial charge in [0.15, 0.2) is 0 Å². The lowest BCUT2D eigenvalue weighted by molar-refractivity contribution is -0.120. The van der Waals surface area contributed by atoms with Crippen LogP contribution in [0.2, 0.25) is 6.04 Å². The van der Waals surface area contributed by atoms with Crippen molar-refractivity contribution >= 4 is 20.8 Å². The van der Waals surface area contributed by atoms with Crippen LogP contribution in [0.3, 0.4) is 0 Å². The second kappa shape index (κ2) is 11.7. The number of nitrogens with one attached hydrogen (secondary N) is 1. The molecule has 0 rings (SSSR count). The lowest BCUT2D eigenvalue weighted by Gasteiger charge is -2.28. The van der Waals surface area contributed by atoms with Crippen molar-refractivity contribution in [3.63, 3.8) is 0 Å². The second-order valence-electron chi connectivity index (χ2n) is 4.10. The third kappa shape index (κ3) is 8.81. The number of amides is 2. The van der Waals surface area contributed by atoms with E-state index in [1.807, 2.05) is 20.8 Å². The zero-order chi connectivity index (χ0) is 16.1. The molecule has 21 heavy (non-hydrogen) atoms. The van der Waals surface area contributed by atoms with Gasteiger partial charge in [0.2, 0.25) is 5.91 Å². The van der Waals surface area contributed by atoms with Gasteiger partial charge in [-0.15, -0.1) is 0 Å². The van der Waals surface area contributed by atoms with Gasteiger partial charge in [-0.1, -0.05) is 0 Å². The molecular formula is C13H27NO6Si. The summed E-state index contributed by atoms with van der Waals surface area (Å²) in [5.74, 6) is -0.374. The molecule has 0 aromatic heterocycles. The fraction of sp³-hybridized carbons (Fsp3) is 0.846. The minimum atomic E-state index is -2.71. The van der Waals surface area contributed by atoms with Gasteiger partial charge in [0, 0.05) is 32.3 Å². The molecule has 0 aliphatic heterocycles. The van der Waals surface area contributed by atoms with Crippen molar-refractivity contribution < 1.29 is 27.6 Å². The quantitative estimate of drug-likeness (QED) is 0.587. The fourth-order valence-electron chi connectivity index (χ4n) is 1.81. The molecule has 0 saturated heterocycles. The molecule has 0 fully saturated rings. The maximum Gasteiger partial charge on any atom is 0.500 e. The Morgan fingerprint density at radius 1 is 0.905 bits per heavy atom. The van der Waals surface area contributed by atoms with Crippen molar-refractivity contribution in [2.24, 2.45) is 0 Å². The van der Waals surface area contributed by atoms with Crippen molar-refractivity contribution in [1.29, 1.82) is 0 Å². The summed E-state index contributed by atoms with van der Waals surface area (Å²) < 4.78 is 21.7. The minimum absolute atomic E-state index is 0.195. The number of alkyl carbamates (subject to hydrolysis) is 1. The molecule has 0 aromatic rings. The number of carbonyl (C=O) groups is 2. The van der Waals surface area contributed by atoms with Gasteiger partial charge in [-0.3, -0.25) is 10.1 Å². The Morgan fingerprint density at radius 3 is 1.86 bits per heavy atom. The summed E-state index contributed by atoms with van der Waals surface area (Å²) in [6.07, 6.45) is 0.00329. The van der Waals surface area contributed by atoms with Crippen molar-refractivity contribution in [3.8, 4) is 0 Å². The van der Waals surface area contributed by atoms with Gasteiger partial charge in [-0.05, 0) is 34.1 Å². The first-order valence-electron chi connectivity index (χ1n) is 7.41. The maximum atomic E-state index is 11.6. The highest BCUT2D eigenvalue weighted by Gasteiger charge is 2.39. The Labute approximate surface area is 127 Å². The molecule has 0 aromatic carbocycles. The predicted molar refractivity (Wildman–Crippen MR) is 79.8 cm³/mol. The zero-order valence-corrected chi connectivity index (χ0v) is 14.4. The Balaban J connectivity index is 4.28. The lowest BCUT2D eigenvalue weighted by atomic mass is 10.3. The molecule has 0 unspecified atom stereocenters. The van der Waals surface area contributed by atoms with Crippen molar-refractivity contribution in [2.75, 3.05) is 26.4 Å². The second-order valence-corrected chi connectivity index (χ2v) is 6.84. The highest BCUT2D eigenvalue weighted by atomic mass is 28.4.